The third-order valence-corrected chi connectivity index (χ3v) is 6.34. The van der Waals surface area contributed by atoms with Crippen molar-refractivity contribution in [1.29, 1.82) is 0 Å². The van der Waals surface area contributed by atoms with Crippen LogP contribution in [0.2, 0.25) is 0 Å². The van der Waals surface area contributed by atoms with E-state index in [2.05, 4.69) is 19.7 Å². The molecule has 1 aromatic carbocycles. The van der Waals surface area contributed by atoms with Crippen molar-refractivity contribution in [3.63, 3.8) is 0 Å². The van der Waals surface area contributed by atoms with Crippen molar-refractivity contribution in [3.8, 4) is 0 Å². The minimum atomic E-state index is -0.169. The number of benzene rings is 1. The van der Waals surface area contributed by atoms with E-state index in [0.717, 1.165) is 56.6 Å². The molecule has 0 amide bonds. The molecule has 5 rings (SSSR count). The molecule has 2 aromatic rings. The van der Waals surface area contributed by atoms with Crippen LogP contribution in [0.3, 0.4) is 0 Å². The molecule has 2 saturated heterocycles. The molecule has 0 radical (unpaired) electrons. The van der Waals surface area contributed by atoms with E-state index < -0.39 is 0 Å². The van der Waals surface area contributed by atoms with Gasteiger partial charge < -0.3 is 9.80 Å². The Balaban J connectivity index is 1.14. The van der Waals surface area contributed by atoms with E-state index >= 15 is 0 Å². The Labute approximate surface area is 159 Å². The second kappa shape index (κ2) is 7.08. The Morgan fingerprint density at radius 3 is 2.30 bits per heavy atom. The molecule has 0 N–H and O–H groups in total. The molecule has 1 saturated carbocycles. The van der Waals surface area contributed by atoms with Crippen LogP contribution in [0, 0.1) is 5.82 Å². The molecule has 1 aromatic heterocycles. The van der Waals surface area contributed by atoms with Crippen molar-refractivity contribution in [1.82, 2.24) is 14.9 Å². The lowest BCUT2D eigenvalue weighted by Crippen LogP contribution is -2.63. The first kappa shape index (κ1) is 16.9. The summed E-state index contributed by atoms with van der Waals surface area (Å²) in [7, 11) is 0. The Hall–Kier alpha value is -2.21. The van der Waals surface area contributed by atoms with Gasteiger partial charge in [-0.2, -0.15) is 0 Å². The van der Waals surface area contributed by atoms with Crippen molar-refractivity contribution in [2.24, 2.45) is 0 Å². The summed E-state index contributed by atoms with van der Waals surface area (Å²) in [6.07, 6.45) is 5.72. The fraction of sp³-hybridized carbons (Fsp3) is 0.524. The van der Waals surface area contributed by atoms with Crippen LogP contribution >= 0.6 is 0 Å². The molecule has 6 heteroatoms. The number of halogens is 1. The van der Waals surface area contributed by atoms with Crippen LogP contribution in [0.25, 0.3) is 0 Å². The monoisotopic (exact) mass is 367 g/mol. The van der Waals surface area contributed by atoms with Crippen LogP contribution in [-0.4, -0.2) is 60.2 Å². The highest BCUT2D eigenvalue weighted by molar-refractivity contribution is 5.47. The summed E-state index contributed by atoms with van der Waals surface area (Å²) in [5, 5.41) is 0. The molecule has 0 bridgehead atoms. The van der Waals surface area contributed by atoms with Crippen LogP contribution < -0.4 is 9.80 Å². The lowest BCUT2D eigenvalue weighted by atomic mass is 9.85. The zero-order valence-corrected chi connectivity index (χ0v) is 15.6. The maximum atomic E-state index is 13.1. The predicted octanol–water partition coefficient (Wildman–Crippen LogP) is 2.89. The second-order valence-electron chi connectivity index (χ2n) is 7.96. The molecular formula is C21H26FN5. The number of aromatic nitrogens is 2. The molecule has 5 nitrogen and oxygen atoms in total. The minimum absolute atomic E-state index is 0.169. The molecule has 3 fully saturated rings. The first-order chi connectivity index (χ1) is 13.3. The lowest BCUT2D eigenvalue weighted by Gasteiger charge is -2.49. The lowest BCUT2D eigenvalue weighted by molar-refractivity contribution is 0.156. The zero-order chi connectivity index (χ0) is 18.2. The van der Waals surface area contributed by atoms with E-state index in [0.29, 0.717) is 12.0 Å². The molecule has 0 atom stereocenters. The van der Waals surface area contributed by atoms with Crippen molar-refractivity contribution < 1.29 is 4.39 Å². The summed E-state index contributed by atoms with van der Waals surface area (Å²) in [6, 6.07) is 9.51. The maximum Gasteiger partial charge on any atom is 0.133 e. The van der Waals surface area contributed by atoms with Crippen molar-refractivity contribution in [2.75, 3.05) is 49.1 Å². The molecule has 3 aliphatic rings. The van der Waals surface area contributed by atoms with E-state index in [1.54, 1.807) is 12.1 Å². The van der Waals surface area contributed by atoms with E-state index in [1.807, 2.05) is 24.4 Å². The number of piperazine rings is 1. The average Bonchev–Trinajstić information content (AvgIpc) is 2.61. The Kier molecular flexibility index (Phi) is 4.44. The normalized spacial score (nSPS) is 21.8. The van der Waals surface area contributed by atoms with Gasteiger partial charge >= 0.3 is 0 Å². The Bertz CT molecular complexity index is 777. The van der Waals surface area contributed by atoms with E-state index in [1.165, 1.54) is 19.3 Å². The number of anilines is 2. The fourth-order valence-electron chi connectivity index (χ4n) is 4.27. The SMILES string of the molecule is Fc1ccc(N2CCN(C3CN(c4ccnc(C5CCC5)n4)C3)CC2)cc1. The minimum Gasteiger partial charge on any atom is -0.369 e. The number of rotatable bonds is 4. The summed E-state index contributed by atoms with van der Waals surface area (Å²) < 4.78 is 13.1. The first-order valence-corrected chi connectivity index (χ1v) is 10.1. The third kappa shape index (κ3) is 3.38. The Morgan fingerprint density at radius 1 is 0.889 bits per heavy atom. The van der Waals surface area contributed by atoms with Gasteiger partial charge in [-0.1, -0.05) is 6.42 Å². The number of hydrogen-bond donors (Lipinski definition) is 0. The van der Waals surface area contributed by atoms with Gasteiger partial charge in [-0.25, -0.2) is 14.4 Å². The molecular weight excluding hydrogens is 341 g/mol. The van der Waals surface area contributed by atoms with E-state index in [-0.39, 0.29) is 5.82 Å². The van der Waals surface area contributed by atoms with Crippen LogP contribution in [-0.2, 0) is 0 Å². The van der Waals surface area contributed by atoms with Gasteiger partial charge in [0.15, 0.2) is 0 Å². The van der Waals surface area contributed by atoms with Gasteiger partial charge in [0.2, 0.25) is 0 Å². The van der Waals surface area contributed by atoms with Gasteiger partial charge in [-0.3, -0.25) is 4.90 Å². The number of hydrogen-bond acceptors (Lipinski definition) is 5. The molecule has 1 aliphatic carbocycles. The average molecular weight is 367 g/mol. The van der Waals surface area contributed by atoms with Crippen LogP contribution in [0.4, 0.5) is 15.9 Å². The van der Waals surface area contributed by atoms with Crippen molar-refractivity contribution in [3.05, 3.63) is 48.2 Å². The highest BCUT2D eigenvalue weighted by Gasteiger charge is 2.34. The zero-order valence-electron chi connectivity index (χ0n) is 15.6. The summed E-state index contributed by atoms with van der Waals surface area (Å²) in [5.41, 5.74) is 1.12. The summed E-state index contributed by atoms with van der Waals surface area (Å²) in [6.45, 7) is 6.23. The molecule has 27 heavy (non-hydrogen) atoms. The van der Waals surface area contributed by atoms with Gasteiger partial charge in [-0.05, 0) is 43.2 Å². The summed E-state index contributed by atoms with van der Waals surface area (Å²) >= 11 is 0. The largest absolute Gasteiger partial charge is 0.369 e. The standard InChI is InChI=1S/C21H26FN5/c22-17-4-6-18(7-5-17)25-10-12-26(13-11-25)19-14-27(15-19)20-8-9-23-21(24-20)16-2-1-3-16/h4-9,16,19H,1-3,10-15H2. The van der Waals surface area contributed by atoms with Gasteiger partial charge in [0.05, 0.1) is 0 Å². The van der Waals surface area contributed by atoms with Gasteiger partial charge in [-0.15, -0.1) is 0 Å². The van der Waals surface area contributed by atoms with Crippen LogP contribution in [0.1, 0.15) is 31.0 Å². The third-order valence-electron chi connectivity index (χ3n) is 6.34. The summed E-state index contributed by atoms with van der Waals surface area (Å²) in [5.74, 6) is 2.54. The topological polar surface area (TPSA) is 35.5 Å². The number of nitrogens with zero attached hydrogens (tertiary/aromatic N) is 5. The maximum absolute atomic E-state index is 13.1. The van der Waals surface area contributed by atoms with Crippen LogP contribution in [0.5, 0.6) is 0 Å². The van der Waals surface area contributed by atoms with Crippen molar-refractivity contribution >= 4 is 11.5 Å². The smallest absolute Gasteiger partial charge is 0.133 e. The highest BCUT2D eigenvalue weighted by atomic mass is 19.1. The van der Waals surface area contributed by atoms with Gasteiger partial charge in [0.1, 0.15) is 17.5 Å². The first-order valence-electron chi connectivity index (χ1n) is 10.1. The molecule has 2 aliphatic heterocycles. The van der Waals surface area contributed by atoms with Gasteiger partial charge in [0.25, 0.3) is 0 Å². The molecule has 0 unspecified atom stereocenters. The molecule has 0 spiro atoms. The predicted molar refractivity (Wildman–Crippen MR) is 105 cm³/mol. The Morgan fingerprint density at radius 2 is 1.63 bits per heavy atom. The van der Waals surface area contributed by atoms with Crippen LogP contribution in [0.15, 0.2) is 36.5 Å². The highest BCUT2D eigenvalue weighted by Crippen LogP contribution is 2.35. The quantitative estimate of drug-likeness (QED) is 0.830. The fourth-order valence-corrected chi connectivity index (χ4v) is 4.27. The van der Waals surface area contributed by atoms with Crippen molar-refractivity contribution in [2.45, 2.75) is 31.2 Å². The molecule has 3 heterocycles. The van der Waals surface area contributed by atoms with E-state index in [4.69, 9.17) is 4.98 Å². The molecule has 142 valence electrons. The summed E-state index contributed by atoms with van der Waals surface area (Å²) in [4.78, 5) is 16.6. The van der Waals surface area contributed by atoms with E-state index in [9.17, 15) is 4.39 Å². The second-order valence-corrected chi connectivity index (χ2v) is 7.96. The van der Waals surface area contributed by atoms with Gasteiger partial charge in [0, 0.05) is 63.1 Å².